The van der Waals surface area contributed by atoms with Gasteiger partial charge in [0.25, 0.3) is 0 Å². The Morgan fingerprint density at radius 1 is 0.941 bits per heavy atom. The fourth-order valence-corrected chi connectivity index (χ4v) is 5.41. The second-order valence-corrected chi connectivity index (χ2v) is 6.84. The van der Waals surface area contributed by atoms with Crippen LogP contribution in [0.2, 0.25) is 0 Å². The molecule has 92 valence electrons. The summed E-state index contributed by atoms with van der Waals surface area (Å²) in [6, 6.07) is 0. The number of nitrogens with zero attached hydrogens (tertiary/aromatic N) is 1. The van der Waals surface area contributed by atoms with Crippen LogP contribution < -0.4 is 0 Å². The number of hydrogen-bond donors (Lipinski definition) is 0. The van der Waals surface area contributed by atoms with E-state index in [9.17, 15) is 9.59 Å². The second-order valence-electron chi connectivity index (χ2n) is 6.84. The van der Waals surface area contributed by atoms with Crippen LogP contribution in [0.5, 0.6) is 0 Å². The van der Waals surface area contributed by atoms with Gasteiger partial charge < -0.3 is 4.90 Å². The minimum atomic E-state index is 0.0952. The summed E-state index contributed by atoms with van der Waals surface area (Å²) in [5.41, 5.74) is 0.0952. The van der Waals surface area contributed by atoms with Crippen LogP contribution in [-0.2, 0) is 9.59 Å². The second kappa shape index (κ2) is 3.12. The molecule has 0 aromatic rings. The summed E-state index contributed by atoms with van der Waals surface area (Å²) in [5, 5.41) is 0. The van der Waals surface area contributed by atoms with E-state index in [0.29, 0.717) is 6.54 Å². The van der Waals surface area contributed by atoms with Gasteiger partial charge in [-0.1, -0.05) is 0 Å². The third-order valence-corrected chi connectivity index (χ3v) is 5.56. The van der Waals surface area contributed by atoms with Crippen molar-refractivity contribution in [2.24, 2.45) is 17.8 Å². The van der Waals surface area contributed by atoms with E-state index in [1.807, 2.05) is 4.90 Å². The molecule has 0 atom stereocenters. The minimum absolute atomic E-state index is 0.0952. The van der Waals surface area contributed by atoms with Gasteiger partial charge in [0.2, 0.25) is 5.91 Å². The molecule has 1 saturated heterocycles. The zero-order valence-electron chi connectivity index (χ0n) is 10.2. The number of carbonyl (C=O) groups excluding carboxylic acids is 2. The Morgan fingerprint density at radius 2 is 1.47 bits per heavy atom. The highest BCUT2D eigenvalue weighted by Crippen LogP contribution is 2.58. The molecule has 5 fully saturated rings. The summed E-state index contributed by atoms with van der Waals surface area (Å²) in [5.74, 6) is 2.75. The lowest BCUT2D eigenvalue weighted by molar-refractivity contribution is -0.145. The summed E-state index contributed by atoms with van der Waals surface area (Å²) in [6.45, 7) is 0.408. The van der Waals surface area contributed by atoms with Gasteiger partial charge in [-0.15, -0.1) is 0 Å². The lowest BCUT2D eigenvalue weighted by Crippen LogP contribution is -2.60. The van der Waals surface area contributed by atoms with Gasteiger partial charge in [0.1, 0.15) is 0 Å². The van der Waals surface area contributed by atoms with E-state index in [1.165, 1.54) is 38.5 Å². The number of rotatable bonds is 1. The Kier molecular flexibility index (Phi) is 1.85. The van der Waals surface area contributed by atoms with Crippen LogP contribution in [0.3, 0.4) is 0 Å². The van der Waals surface area contributed by atoms with Crippen LogP contribution in [0, 0.1) is 17.8 Å². The standard InChI is InChI=1S/C14H19NO2/c16-12-4-13(17)15(8-12)14-5-9-1-10(6-14)3-11(2-9)7-14/h9-11H,1-8H2. The highest BCUT2D eigenvalue weighted by Gasteiger charge is 2.56. The molecule has 0 radical (unpaired) electrons. The van der Waals surface area contributed by atoms with Crippen molar-refractivity contribution in [1.29, 1.82) is 0 Å². The van der Waals surface area contributed by atoms with Crippen molar-refractivity contribution in [1.82, 2.24) is 4.90 Å². The van der Waals surface area contributed by atoms with E-state index < -0.39 is 0 Å². The van der Waals surface area contributed by atoms with E-state index >= 15 is 0 Å². The molecule has 3 nitrogen and oxygen atoms in total. The zero-order valence-corrected chi connectivity index (χ0v) is 10.2. The summed E-state index contributed by atoms with van der Waals surface area (Å²) >= 11 is 0. The van der Waals surface area contributed by atoms with Gasteiger partial charge >= 0.3 is 0 Å². The van der Waals surface area contributed by atoms with Gasteiger partial charge in [0.05, 0.1) is 13.0 Å². The van der Waals surface area contributed by atoms with Crippen LogP contribution in [-0.4, -0.2) is 28.7 Å². The Bertz CT molecular complexity index is 366. The molecule has 5 aliphatic rings. The van der Waals surface area contributed by atoms with Gasteiger partial charge in [0, 0.05) is 5.54 Å². The van der Waals surface area contributed by atoms with Gasteiger partial charge in [-0.25, -0.2) is 0 Å². The maximum Gasteiger partial charge on any atom is 0.230 e. The largest absolute Gasteiger partial charge is 0.329 e. The molecule has 5 rings (SSSR count). The number of amides is 1. The monoisotopic (exact) mass is 233 g/mol. The normalized spacial score (nSPS) is 48.2. The molecule has 4 aliphatic carbocycles. The van der Waals surface area contributed by atoms with Gasteiger partial charge in [-0.05, 0) is 56.3 Å². The Balaban J connectivity index is 1.68. The molecule has 0 aromatic carbocycles. The van der Waals surface area contributed by atoms with Gasteiger partial charge in [-0.3, -0.25) is 9.59 Å². The third kappa shape index (κ3) is 1.34. The van der Waals surface area contributed by atoms with Crippen molar-refractivity contribution >= 4 is 11.7 Å². The maximum atomic E-state index is 12.0. The van der Waals surface area contributed by atoms with E-state index in [4.69, 9.17) is 0 Å². The van der Waals surface area contributed by atoms with Crippen molar-refractivity contribution in [2.45, 2.75) is 50.5 Å². The molecule has 1 heterocycles. The van der Waals surface area contributed by atoms with Crippen molar-refractivity contribution in [2.75, 3.05) is 6.54 Å². The van der Waals surface area contributed by atoms with Crippen molar-refractivity contribution in [3.63, 3.8) is 0 Å². The number of carbonyl (C=O) groups is 2. The molecular weight excluding hydrogens is 214 g/mol. The molecule has 0 N–H and O–H groups in total. The van der Waals surface area contributed by atoms with Gasteiger partial charge in [-0.2, -0.15) is 0 Å². The predicted octanol–water partition coefficient (Wildman–Crippen LogP) is 1.76. The lowest BCUT2D eigenvalue weighted by atomic mass is 9.52. The lowest BCUT2D eigenvalue weighted by Gasteiger charge is -2.59. The number of hydrogen-bond acceptors (Lipinski definition) is 2. The van der Waals surface area contributed by atoms with Crippen LogP contribution >= 0.6 is 0 Å². The average molecular weight is 233 g/mol. The molecule has 0 spiro atoms. The van der Waals surface area contributed by atoms with E-state index in [2.05, 4.69) is 0 Å². The first-order valence-corrected chi connectivity index (χ1v) is 6.97. The topological polar surface area (TPSA) is 37.4 Å². The molecule has 17 heavy (non-hydrogen) atoms. The molecular formula is C14H19NO2. The Morgan fingerprint density at radius 3 is 1.88 bits per heavy atom. The summed E-state index contributed by atoms with van der Waals surface area (Å²) in [6.07, 6.45) is 7.86. The number of Topliss-reactive ketones (excluding diaryl/α,β-unsaturated/α-hetero) is 1. The van der Waals surface area contributed by atoms with Crippen LogP contribution in [0.1, 0.15) is 44.9 Å². The molecule has 1 amide bonds. The van der Waals surface area contributed by atoms with Crippen molar-refractivity contribution in [3.05, 3.63) is 0 Å². The van der Waals surface area contributed by atoms with Crippen molar-refractivity contribution in [3.8, 4) is 0 Å². The first-order valence-electron chi connectivity index (χ1n) is 6.97. The minimum Gasteiger partial charge on any atom is -0.329 e. The molecule has 0 unspecified atom stereocenters. The summed E-state index contributed by atoms with van der Waals surface area (Å²) < 4.78 is 0. The van der Waals surface area contributed by atoms with Crippen LogP contribution in [0.4, 0.5) is 0 Å². The first kappa shape index (κ1) is 10.1. The van der Waals surface area contributed by atoms with Gasteiger partial charge in [0.15, 0.2) is 5.78 Å². The summed E-state index contributed by atoms with van der Waals surface area (Å²) in [7, 11) is 0. The Hall–Kier alpha value is -0.860. The SMILES string of the molecule is O=C1CC(=O)N(C23CC4CC(CC(C4)C2)C3)C1. The molecule has 1 aliphatic heterocycles. The quantitative estimate of drug-likeness (QED) is 0.647. The van der Waals surface area contributed by atoms with Crippen LogP contribution in [0.25, 0.3) is 0 Å². The number of ketones is 1. The van der Waals surface area contributed by atoms with Crippen molar-refractivity contribution < 1.29 is 9.59 Å². The fourth-order valence-electron chi connectivity index (χ4n) is 5.41. The van der Waals surface area contributed by atoms with E-state index in [-0.39, 0.29) is 23.7 Å². The fraction of sp³-hybridized carbons (Fsp3) is 0.857. The molecule has 0 aromatic heterocycles. The Labute approximate surface area is 102 Å². The van der Waals surface area contributed by atoms with E-state index in [0.717, 1.165) is 17.8 Å². The maximum absolute atomic E-state index is 12.0. The molecule has 4 saturated carbocycles. The van der Waals surface area contributed by atoms with Crippen LogP contribution in [0.15, 0.2) is 0 Å². The molecule has 3 heteroatoms. The zero-order chi connectivity index (χ0) is 11.6. The highest BCUT2D eigenvalue weighted by molar-refractivity contribution is 6.05. The molecule has 4 bridgehead atoms. The average Bonchev–Trinajstić information content (AvgIpc) is 2.56. The van der Waals surface area contributed by atoms with E-state index in [1.54, 1.807) is 0 Å². The number of likely N-dealkylation sites (tertiary alicyclic amines) is 1. The third-order valence-electron chi connectivity index (χ3n) is 5.56. The summed E-state index contributed by atoms with van der Waals surface area (Å²) in [4.78, 5) is 25.5. The predicted molar refractivity (Wildman–Crippen MR) is 62.2 cm³/mol. The first-order chi connectivity index (χ1) is 8.14. The smallest absolute Gasteiger partial charge is 0.230 e. The highest BCUT2D eigenvalue weighted by atomic mass is 16.2.